The average Bonchev–Trinajstić information content (AvgIpc) is 3.25. The topological polar surface area (TPSA) is 50.7 Å². The van der Waals surface area contributed by atoms with Crippen LogP contribution in [0.3, 0.4) is 0 Å². The van der Waals surface area contributed by atoms with E-state index in [1.165, 1.54) is 9.77 Å². The molecule has 0 radical (unpaired) electrons. The normalized spacial score (nSPS) is 21.5. The van der Waals surface area contributed by atoms with Crippen LogP contribution in [0.25, 0.3) is 6.08 Å². The number of carbonyl (C=O) groups is 1. The first-order valence-corrected chi connectivity index (χ1v) is 12.9. The highest BCUT2D eigenvalue weighted by molar-refractivity contribution is 8.14. The number of amidine groups is 1. The first kappa shape index (κ1) is 23.9. The lowest BCUT2D eigenvalue weighted by molar-refractivity contribution is -0.115. The maximum atomic E-state index is 12.4. The Balaban J connectivity index is 1.54. The highest BCUT2D eigenvalue weighted by Gasteiger charge is 2.30. The second-order valence-corrected chi connectivity index (χ2v) is 10.5. The van der Waals surface area contributed by atoms with E-state index in [0.717, 1.165) is 17.7 Å². The molecule has 164 valence electrons. The van der Waals surface area contributed by atoms with Gasteiger partial charge in [-0.2, -0.15) is 0 Å². The summed E-state index contributed by atoms with van der Waals surface area (Å²) >= 11 is 5.18. The second-order valence-electron chi connectivity index (χ2n) is 7.22. The SMILES string of the molecule is C=CC[C@H]1SC(NC(=O)/C=C/c2ccc(SCc3cccs3)cc2)=NCC(OC)[C@H]1C. The van der Waals surface area contributed by atoms with Crippen molar-refractivity contribution in [1.29, 1.82) is 0 Å². The number of rotatable bonds is 8. The Morgan fingerprint density at radius 1 is 1.35 bits per heavy atom. The lowest BCUT2D eigenvalue weighted by atomic mass is 9.98. The molecule has 0 saturated carbocycles. The van der Waals surface area contributed by atoms with Crippen LogP contribution in [0.5, 0.6) is 0 Å². The number of amides is 1. The summed E-state index contributed by atoms with van der Waals surface area (Å²) in [5.41, 5.74) is 0.990. The van der Waals surface area contributed by atoms with Gasteiger partial charge in [-0.05, 0) is 47.6 Å². The van der Waals surface area contributed by atoms with Crippen LogP contribution in [0.4, 0.5) is 0 Å². The summed E-state index contributed by atoms with van der Waals surface area (Å²) in [4.78, 5) is 19.6. The van der Waals surface area contributed by atoms with Gasteiger partial charge in [-0.3, -0.25) is 9.79 Å². The van der Waals surface area contributed by atoms with Crippen LogP contribution in [-0.2, 0) is 15.3 Å². The molecule has 3 rings (SSSR count). The molecule has 1 aliphatic heterocycles. The number of allylic oxidation sites excluding steroid dienone is 1. The third kappa shape index (κ3) is 7.38. The van der Waals surface area contributed by atoms with Gasteiger partial charge in [0, 0.05) is 34.0 Å². The average molecular weight is 473 g/mol. The van der Waals surface area contributed by atoms with Gasteiger partial charge in [0.25, 0.3) is 0 Å². The van der Waals surface area contributed by atoms with Gasteiger partial charge in [0.2, 0.25) is 5.91 Å². The van der Waals surface area contributed by atoms with Crippen molar-refractivity contribution in [2.75, 3.05) is 13.7 Å². The van der Waals surface area contributed by atoms with E-state index in [-0.39, 0.29) is 17.3 Å². The van der Waals surface area contributed by atoms with E-state index in [0.29, 0.717) is 17.6 Å². The van der Waals surface area contributed by atoms with Crippen molar-refractivity contribution < 1.29 is 9.53 Å². The summed E-state index contributed by atoms with van der Waals surface area (Å²) < 4.78 is 5.58. The molecule has 7 heteroatoms. The molecular formula is C24H28N2O2S3. The minimum absolute atomic E-state index is 0.0404. The van der Waals surface area contributed by atoms with Crippen molar-refractivity contribution in [3.05, 3.63) is 70.9 Å². The van der Waals surface area contributed by atoms with E-state index in [1.807, 2.05) is 36.0 Å². The van der Waals surface area contributed by atoms with Gasteiger partial charge < -0.3 is 10.1 Å². The quantitative estimate of drug-likeness (QED) is 0.297. The largest absolute Gasteiger partial charge is 0.379 e. The van der Waals surface area contributed by atoms with Crippen molar-refractivity contribution >= 4 is 52.0 Å². The molecule has 1 N–H and O–H groups in total. The summed E-state index contributed by atoms with van der Waals surface area (Å²) in [7, 11) is 1.71. The molecule has 1 aliphatic rings. The number of thiophene rings is 1. The van der Waals surface area contributed by atoms with Crippen LogP contribution in [0.15, 0.2) is 70.4 Å². The Hall–Kier alpha value is -1.80. The number of thioether (sulfide) groups is 2. The summed E-state index contributed by atoms with van der Waals surface area (Å²) in [6.45, 7) is 6.57. The van der Waals surface area contributed by atoms with E-state index in [9.17, 15) is 4.79 Å². The first-order chi connectivity index (χ1) is 15.1. The zero-order chi connectivity index (χ0) is 22.1. The monoisotopic (exact) mass is 472 g/mol. The minimum Gasteiger partial charge on any atom is -0.379 e. The third-order valence-corrected chi connectivity index (χ3v) is 8.55. The van der Waals surface area contributed by atoms with Crippen molar-refractivity contribution in [2.24, 2.45) is 10.9 Å². The van der Waals surface area contributed by atoms with E-state index in [2.05, 4.69) is 53.5 Å². The highest BCUT2D eigenvalue weighted by atomic mass is 32.2. The van der Waals surface area contributed by atoms with Gasteiger partial charge in [-0.1, -0.05) is 43.0 Å². The molecule has 3 atom stereocenters. The molecule has 1 amide bonds. The molecule has 1 unspecified atom stereocenters. The summed E-state index contributed by atoms with van der Waals surface area (Å²) in [6, 6.07) is 12.5. The number of nitrogens with zero attached hydrogens (tertiary/aromatic N) is 1. The first-order valence-electron chi connectivity index (χ1n) is 10.2. The fraction of sp³-hybridized carbons (Fsp3) is 0.333. The summed E-state index contributed by atoms with van der Waals surface area (Å²) in [5, 5.41) is 5.94. The molecule has 0 spiro atoms. The van der Waals surface area contributed by atoms with Crippen LogP contribution in [0.2, 0.25) is 0 Å². The van der Waals surface area contributed by atoms with Crippen molar-refractivity contribution in [1.82, 2.24) is 5.32 Å². The molecule has 0 saturated heterocycles. The highest BCUT2D eigenvalue weighted by Crippen LogP contribution is 2.30. The number of methoxy groups -OCH3 is 1. The molecule has 0 fully saturated rings. The van der Waals surface area contributed by atoms with E-state index in [4.69, 9.17) is 4.74 Å². The molecule has 2 heterocycles. The van der Waals surface area contributed by atoms with Crippen LogP contribution in [0.1, 0.15) is 23.8 Å². The molecule has 1 aromatic carbocycles. The van der Waals surface area contributed by atoms with E-state index in [1.54, 1.807) is 36.3 Å². The standard InChI is InChI=1S/C24H28N2O2S3/c1-4-6-22-17(2)21(28-3)15-25-24(31-22)26-23(27)13-10-18-8-11-19(12-9-18)30-16-20-7-5-14-29-20/h4-5,7-14,17,21-22H,1,6,15-16H2,2-3H3,(H,25,26,27)/b13-10+/t17-,21?,22-/m1/s1. The van der Waals surface area contributed by atoms with Crippen LogP contribution in [-0.4, -0.2) is 36.1 Å². The van der Waals surface area contributed by atoms with Crippen molar-refractivity contribution in [3.63, 3.8) is 0 Å². The molecule has 2 aromatic rings. The minimum atomic E-state index is -0.178. The lowest BCUT2D eigenvalue weighted by Crippen LogP contribution is -2.31. The van der Waals surface area contributed by atoms with E-state index < -0.39 is 0 Å². The predicted octanol–water partition coefficient (Wildman–Crippen LogP) is 5.87. The van der Waals surface area contributed by atoms with Crippen LogP contribution in [0, 0.1) is 5.92 Å². The van der Waals surface area contributed by atoms with Gasteiger partial charge in [0.05, 0.1) is 12.6 Å². The number of carbonyl (C=O) groups excluding carboxylic acids is 1. The van der Waals surface area contributed by atoms with Crippen molar-refractivity contribution in [2.45, 2.75) is 35.3 Å². The third-order valence-electron chi connectivity index (χ3n) is 5.05. The Bertz CT molecular complexity index is 907. The summed E-state index contributed by atoms with van der Waals surface area (Å²) in [6.07, 6.45) is 6.17. The van der Waals surface area contributed by atoms with Gasteiger partial charge in [-0.25, -0.2) is 0 Å². The van der Waals surface area contributed by atoms with Gasteiger partial charge >= 0.3 is 0 Å². The number of ether oxygens (including phenoxy) is 1. The fourth-order valence-electron chi connectivity index (χ4n) is 3.20. The maximum Gasteiger partial charge on any atom is 0.249 e. The Morgan fingerprint density at radius 2 is 2.16 bits per heavy atom. The second kappa shape index (κ2) is 12.3. The molecule has 31 heavy (non-hydrogen) atoms. The zero-order valence-corrected chi connectivity index (χ0v) is 20.3. The van der Waals surface area contributed by atoms with Crippen molar-refractivity contribution in [3.8, 4) is 0 Å². The Labute approximate surface area is 197 Å². The maximum absolute atomic E-state index is 12.4. The number of benzene rings is 1. The predicted molar refractivity (Wildman–Crippen MR) is 136 cm³/mol. The molecule has 0 bridgehead atoms. The van der Waals surface area contributed by atoms with Gasteiger partial charge in [-0.15, -0.1) is 29.7 Å². The summed E-state index contributed by atoms with van der Waals surface area (Å²) in [5.74, 6) is 1.12. The molecule has 4 nitrogen and oxygen atoms in total. The zero-order valence-electron chi connectivity index (χ0n) is 17.8. The van der Waals surface area contributed by atoms with E-state index >= 15 is 0 Å². The molecule has 0 aliphatic carbocycles. The molecule has 1 aromatic heterocycles. The number of aliphatic imine (C=N–C) groups is 1. The van der Waals surface area contributed by atoms with Gasteiger partial charge in [0.1, 0.15) is 0 Å². The fourth-order valence-corrected chi connectivity index (χ4v) is 6.08. The Morgan fingerprint density at radius 3 is 2.84 bits per heavy atom. The number of hydrogen-bond donors (Lipinski definition) is 1. The van der Waals surface area contributed by atoms with Crippen LogP contribution >= 0.6 is 34.9 Å². The Kier molecular flexibility index (Phi) is 9.46. The van der Waals surface area contributed by atoms with Gasteiger partial charge in [0.15, 0.2) is 5.17 Å². The van der Waals surface area contributed by atoms with Crippen LogP contribution < -0.4 is 5.32 Å². The molecular weight excluding hydrogens is 444 g/mol. The number of nitrogens with one attached hydrogen (secondary N) is 1. The number of hydrogen-bond acceptors (Lipinski definition) is 6. The lowest BCUT2D eigenvalue weighted by Gasteiger charge is -2.25. The smallest absolute Gasteiger partial charge is 0.249 e.